The minimum absolute atomic E-state index is 0.0437. The quantitative estimate of drug-likeness (QED) is 0.711. The molecular weight excluding hydrogens is 324 g/mol. The summed E-state index contributed by atoms with van der Waals surface area (Å²) in [5.74, 6) is -0.372. The first kappa shape index (κ1) is 16.6. The number of nitrogens with one attached hydrogen (secondary N) is 1. The number of ether oxygens (including phenoxy) is 1. The van der Waals surface area contributed by atoms with Crippen LogP contribution in [0.2, 0.25) is 0 Å². The molecule has 1 aromatic carbocycles. The number of carbonyl (C=O) groups excluding carboxylic acids is 2. The second kappa shape index (κ2) is 7.08. The summed E-state index contributed by atoms with van der Waals surface area (Å²) >= 11 is 0. The molecule has 0 saturated heterocycles. The van der Waals surface area contributed by atoms with E-state index >= 15 is 0 Å². The average Bonchev–Trinajstić information content (AvgIpc) is 3.03. The molecule has 0 spiro atoms. The molecule has 128 valence electrons. The second-order valence-electron chi connectivity index (χ2n) is 5.36. The number of carbonyl (C=O) groups is 2. The van der Waals surface area contributed by atoms with E-state index in [4.69, 9.17) is 9.26 Å². The first-order valence-corrected chi connectivity index (χ1v) is 7.73. The van der Waals surface area contributed by atoms with Crippen LogP contribution in [0.25, 0.3) is 11.0 Å². The van der Waals surface area contributed by atoms with Crippen molar-refractivity contribution in [3.05, 3.63) is 48.0 Å². The molecule has 1 unspecified atom stereocenters. The van der Waals surface area contributed by atoms with Crippen molar-refractivity contribution in [3.63, 3.8) is 0 Å². The number of hydrogen-bond donors (Lipinski definition) is 1. The van der Waals surface area contributed by atoms with Gasteiger partial charge in [-0.15, -0.1) is 0 Å². The number of para-hydroxylation sites is 2. The number of rotatable bonds is 5. The van der Waals surface area contributed by atoms with Gasteiger partial charge < -0.3 is 14.6 Å². The van der Waals surface area contributed by atoms with E-state index < -0.39 is 18.0 Å². The molecule has 3 aromatic rings. The fraction of sp³-hybridized carbons (Fsp3) is 0.235. The van der Waals surface area contributed by atoms with Crippen molar-refractivity contribution in [2.75, 3.05) is 5.32 Å². The molecule has 2 aromatic heterocycles. The number of aromatic nitrogens is 3. The van der Waals surface area contributed by atoms with Gasteiger partial charge in [0.05, 0.1) is 17.2 Å². The third-order valence-electron chi connectivity index (χ3n) is 3.45. The Labute approximate surface area is 143 Å². The Morgan fingerprint density at radius 3 is 2.72 bits per heavy atom. The Kier molecular flexibility index (Phi) is 4.69. The number of benzene rings is 1. The van der Waals surface area contributed by atoms with E-state index in [0.717, 1.165) is 0 Å². The summed E-state index contributed by atoms with van der Waals surface area (Å²) < 4.78 is 10.1. The van der Waals surface area contributed by atoms with Gasteiger partial charge in [0.1, 0.15) is 5.76 Å². The molecule has 0 bridgehead atoms. The molecule has 1 N–H and O–H groups in total. The predicted molar refractivity (Wildman–Crippen MR) is 88.9 cm³/mol. The average molecular weight is 340 g/mol. The molecule has 0 aliphatic carbocycles. The summed E-state index contributed by atoms with van der Waals surface area (Å²) in [6.45, 7) is 3.44. The zero-order chi connectivity index (χ0) is 17.8. The molecule has 0 aliphatic rings. The number of amides is 1. The van der Waals surface area contributed by atoms with Crippen LogP contribution in [0.15, 0.2) is 41.1 Å². The lowest BCUT2D eigenvalue weighted by molar-refractivity contribution is -0.124. The van der Waals surface area contributed by atoms with Crippen molar-refractivity contribution in [1.29, 1.82) is 0 Å². The highest BCUT2D eigenvalue weighted by molar-refractivity contribution is 5.96. The molecule has 0 radical (unpaired) electrons. The molecule has 1 atom stereocenters. The van der Waals surface area contributed by atoms with Crippen LogP contribution in [-0.2, 0) is 9.53 Å². The molecular formula is C17H16N4O4. The van der Waals surface area contributed by atoms with Crippen LogP contribution < -0.4 is 5.32 Å². The van der Waals surface area contributed by atoms with Gasteiger partial charge in [0.25, 0.3) is 5.91 Å². The lowest BCUT2D eigenvalue weighted by Crippen LogP contribution is -2.32. The van der Waals surface area contributed by atoms with Gasteiger partial charge in [-0.2, -0.15) is 0 Å². The smallest absolute Gasteiger partial charge is 0.359 e. The van der Waals surface area contributed by atoms with E-state index in [-0.39, 0.29) is 11.5 Å². The fourth-order valence-corrected chi connectivity index (χ4v) is 2.20. The van der Waals surface area contributed by atoms with Gasteiger partial charge in [-0.25, -0.2) is 9.78 Å². The van der Waals surface area contributed by atoms with Gasteiger partial charge in [-0.3, -0.25) is 9.78 Å². The van der Waals surface area contributed by atoms with E-state index in [2.05, 4.69) is 20.4 Å². The van der Waals surface area contributed by atoms with Crippen LogP contribution in [0.4, 0.5) is 5.82 Å². The largest absolute Gasteiger partial charge is 0.447 e. The van der Waals surface area contributed by atoms with Crippen molar-refractivity contribution in [2.45, 2.75) is 26.4 Å². The number of hydrogen-bond acceptors (Lipinski definition) is 7. The first-order chi connectivity index (χ1) is 12.1. The molecule has 3 rings (SSSR count). The van der Waals surface area contributed by atoms with E-state index in [1.54, 1.807) is 38.1 Å². The van der Waals surface area contributed by atoms with Gasteiger partial charge in [-0.05, 0) is 25.5 Å². The van der Waals surface area contributed by atoms with Crippen LogP contribution in [-0.4, -0.2) is 33.1 Å². The molecule has 0 fully saturated rings. The standard InChI is InChI=1S/C17H16N4O4/c1-3-14(16(22)20-15-8-10(2)25-21-15)24-17(23)13-9-18-11-6-4-5-7-12(11)19-13/h4-9,14H,3H2,1-2H3,(H,20,21,22). The highest BCUT2D eigenvalue weighted by atomic mass is 16.5. The predicted octanol–water partition coefficient (Wildman–Crippen LogP) is 2.50. The highest BCUT2D eigenvalue weighted by Gasteiger charge is 2.24. The highest BCUT2D eigenvalue weighted by Crippen LogP contribution is 2.12. The van der Waals surface area contributed by atoms with Crippen LogP contribution >= 0.6 is 0 Å². The molecule has 0 aliphatic heterocycles. The summed E-state index contributed by atoms with van der Waals surface area (Å²) in [6.07, 6.45) is 0.656. The van der Waals surface area contributed by atoms with Crippen molar-refractivity contribution >= 4 is 28.7 Å². The number of fused-ring (bicyclic) bond motifs is 1. The minimum atomic E-state index is -0.974. The van der Waals surface area contributed by atoms with Gasteiger partial charge >= 0.3 is 5.97 Å². The third kappa shape index (κ3) is 3.79. The maximum atomic E-state index is 12.3. The van der Waals surface area contributed by atoms with Crippen molar-refractivity contribution in [1.82, 2.24) is 15.1 Å². The number of aryl methyl sites for hydroxylation is 1. The van der Waals surface area contributed by atoms with Crippen molar-refractivity contribution in [2.24, 2.45) is 0 Å². The van der Waals surface area contributed by atoms with Crippen molar-refractivity contribution in [3.8, 4) is 0 Å². The third-order valence-corrected chi connectivity index (χ3v) is 3.45. The lowest BCUT2D eigenvalue weighted by Gasteiger charge is -2.14. The van der Waals surface area contributed by atoms with E-state index in [0.29, 0.717) is 23.2 Å². The Balaban J connectivity index is 1.71. The fourth-order valence-electron chi connectivity index (χ4n) is 2.20. The number of anilines is 1. The lowest BCUT2D eigenvalue weighted by atomic mass is 10.2. The van der Waals surface area contributed by atoms with Crippen LogP contribution in [0.1, 0.15) is 29.6 Å². The Hall–Kier alpha value is -3.29. The number of nitrogens with zero attached hydrogens (tertiary/aromatic N) is 3. The summed E-state index contributed by atoms with van der Waals surface area (Å²) in [7, 11) is 0. The SMILES string of the molecule is CCC(OC(=O)c1cnc2ccccc2n1)C(=O)Nc1cc(C)on1. The van der Waals surface area contributed by atoms with Gasteiger partial charge in [0, 0.05) is 6.07 Å². The topological polar surface area (TPSA) is 107 Å². The molecule has 25 heavy (non-hydrogen) atoms. The Morgan fingerprint density at radius 2 is 2.04 bits per heavy atom. The summed E-state index contributed by atoms with van der Waals surface area (Å²) in [5, 5.41) is 6.22. The second-order valence-corrected chi connectivity index (χ2v) is 5.36. The molecule has 0 saturated carbocycles. The van der Waals surface area contributed by atoms with Crippen LogP contribution in [0.3, 0.4) is 0 Å². The van der Waals surface area contributed by atoms with E-state index in [1.807, 2.05) is 6.07 Å². The normalized spacial score (nSPS) is 11.9. The minimum Gasteiger partial charge on any atom is -0.447 e. The zero-order valence-electron chi connectivity index (χ0n) is 13.7. The molecule has 8 heteroatoms. The Morgan fingerprint density at radius 1 is 1.28 bits per heavy atom. The van der Waals surface area contributed by atoms with E-state index in [1.165, 1.54) is 6.20 Å². The van der Waals surface area contributed by atoms with Gasteiger partial charge in [0.15, 0.2) is 17.6 Å². The molecule has 8 nitrogen and oxygen atoms in total. The van der Waals surface area contributed by atoms with Gasteiger partial charge in [-0.1, -0.05) is 24.2 Å². The zero-order valence-corrected chi connectivity index (χ0v) is 13.7. The van der Waals surface area contributed by atoms with Crippen LogP contribution in [0, 0.1) is 6.92 Å². The maximum Gasteiger partial charge on any atom is 0.359 e. The summed E-state index contributed by atoms with van der Waals surface area (Å²) in [5.41, 5.74) is 1.29. The monoisotopic (exact) mass is 340 g/mol. The van der Waals surface area contributed by atoms with E-state index in [9.17, 15) is 9.59 Å². The van der Waals surface area contributed by atoms with Crippen LogP contribution in [0.5, 0.6) is 0 Å². The maximum absolute atomic E-state index is 12.3. The summed E-state index contributed by atoms with van der Waals surface area (Å²) in [4.78, 5) is 32.9. The van der Waals surface area contributed by atoms with Gasteiger partial charge in [0.2, 0.25) is 0 Å². The van der Waals surface area contributed by atoms with Crippen molar-refractivity contribution < 1.29 is 18.8 Å². The molecule has 2 heterocycles. The summed E-state index contributed by atoms with van der Waals surface area (Å²) in [6, 6.07) is 8.74. The Bertz CT molecular complexity index is 922. The number of esters is 1. The molecule has 1 amide bonds. The first-order valence-electron chi connectivity index (χ1n) is 7.73.